The zero-order valence-electron chi connectivity index (χ0n) is 16.7. The number of alkyl halides is 3. The van der Waals surface area contributed by atoms with Gasteiger partial charge in [0, 0.05) is 38.3 Å². The second-order valence-electron chi connectivity index (χ2n) is 6.83. The average Bonchev–Trinajstić information content (AvgIpc) is 2.73. The first kappa shape index (κ1) is 21.8. The zero-order chi connectivity index (χ0) is 21.7. The van der Waals surface area contributed by atoms with Crippen LogP contribution >= 0.6 is 0 Å². The van der Waals surface area contributed by atoms with Crippen molar-refractivity contribution >= 4 is 5.91 Å². The Balaban J connectivity index is 1.54. The quantitative estimate of drug-likeness (QED) is 0.710. The van der Waals surface area contributed by atoms with Crippen LogP contribution in [0.25, 0.3) is 0 Å². The van der Waals surface area contributed by atoms with Crippen molar-refractivity contribution in [3.05, 3.63) is 53.6 Å². The van der Waals surface area contributed by atoms with Gasteiger partial charge in [0.25, 0.3) is 5.91 Å². The van der Waals surface area contributed by atoms with Gasteiger partial charge in [0.2, 0.25) is 0 Å². The van der Waals surface area contributed by atoms with Gasteiger partial charge < -0.3 is 19.1 Å². The molecule has 1 amide bonds. The number of methoxy groups -OCH3 is 2. The van der Waals surface area contributed by atoms with E-state index in [0.717, 1.165) is 5.56 Å². The molecular weight excluding hydrogens is 401 g/mol. The Bertz CT molecular complexity index is 864. The first-order chi connectivity index (χ1) is 14.3. The highest BCUT2D eigenvalue weighted by Crippen LogP contribution is 2.28. The van der Waals surface area contributed by atoms with Crippen molar-refractivity contribution in [1.29, 1.82) is 0 Å². The van der Waals surface area contributed by atoms with E-state index in [2.05, 4.69) is 9.64 Å². The Morgan fingerprint density at radius 2 is 1.57 bits per heavy atom. The minimum Gasteiger partial charge on any atom is -0.493 e. The SMILES string of the molecule is COc1ccc(C(=O)N2CCN(Cc3ccc(OC(F)(F)F)cc3)CC2)cc1OC. The molecule has 9 heteroatoms. The number of piperazine rings is 1. The van der Waals surface area contributed by atoms with E-state index in [-0.39, 0.29) is 11.7 Å². The summed E-state index contributed by atoms with van der Waals surface area (Å²) < 4.78 is 51.1. The minimum absolute atomic E-state index is 0.0794. The predicted octanol–water partition coefficient (Wildman–Crippen LogP) is 3.56. The van der Waals surface area contributed by atoms with Crippen LogP contribution in [0.15, 0.2) is 42.5 Å². The van der Waals surface area contributed by atoms with Crippen molar-refractivity contribution in [2.45, 2.75) is 12.9 Å². The van der Waals surface area contributed by atoms with Gasteiger partial charge in [0.15, 0.2) is 11.5 Å². The Morgan fingerprint density at radius 1 is 0.933 bits per heavy atom. The summed E-state index contributed by atoms with van der Waals surface area (Å²) in [4.78, 5) is 16.7. The van der Waals surface area contributed by atoms with E-state index in [1.165, 1.54) is 26.4 Å². The predicted molar refractivity (Wildman–Crippen MR) is 104 cm³/mol. The first-order valence-corrected chi connectivity index (χ1v) is 9.37. The highest BCUT2D eigenvalue weighted by Gasteiger charge is 2.31. The molecule has 0 bridgehead atoms. The first-order valence-electron chi connectivity index (χ1n) is 9.37. The summed E-state index contributed by atoms with van der Waals surface area (Å²) in [5.41, 5.74) is 1.41. The van der Waals surface area contributed by atoms with Crippen LogP contribution in [0, 0.1) is 0 Å². The van der Waals surface area contributed by atoms with E-state index in [0.29, 0.717) is 49.8 Å². The molecule has 0 spiro atoms. The number of carbonyl (C=O) groups excluding carboxylic acids is 1. The lowest BCUT2D eigenvalue weighted by Crippen LogP contribution is -2.48. The van der Waals surface area contributed by atoms with Crippen LogP contribution in [0.1, 0.15) is 15.9 Å². The fourth-order valence-electron chi connectivity index (χ4n) is 3.32. The molecule has 1 fully saturated rings. The molecule has 2 aromatic carbocycles. The summed E-state index contributed by atoms with van der Waals surface area (Å²) in [7, 11) is 3.06. The minimum atomic E-state index is -4.70. The van der Waals surface area contributed by atoms with Gasteiger partial charge in [-0.3, -0.25) is 9.69 Å². The zero-order valence-corrected chi connectivity index (χ0v) is 16.7. The number of halogens is 3. The molecule has 1 aliphatic rings. The molecule has 1 heterocycles. The van der Waals surface area contributed by atoms with Crippen LogP contribution in [-0.4, -0.2) is 62.5 Å². The summed E-state index contributed by atoms with van der Waals surface area (Å²) in [6, 6.07) is 10.9. The molecule has 1 aliphatic heterocycles. The van der Waals surface area contributed by atoms with E-state index >= 15 is 0 Å². The van der Waals surface area contributed by atoms with Crippen molar-refractivity contribution in [2.24, 2.45) is 0 Å². The van der Waals surface area contributed by atoms with E-state index in [1.54, 1.807) is 35.2 Å². The molecule has 0 N–H and O–H groups in total. The molecule has 162 valence electrons. The molecule has 6 nitrogen and oxygen atoms in total. The summed E-state index contributed by atoms with van der Waals surface area (Å²) in [5.74, 6) is 0.742. The Kier molecular flexibility index (Phi) is 6.71. The molecule has 3 rings (SSSR count). The highest BCUT2D eigenvalue weighted by atomic mass is 19.4. The van der Waals surface area contributed by atoms with Crippen molar-refractivity contribution in [2.75, 3.05) is 40.4 Å². The Morgan fingerprint density at radius 3 is 2.13 bits per heavy atom. The topological polar surface area (TPSA) is 51.2 Å². The summed E-state index contributed by atoms with van der Waals surface area (Å²) in [5, 5.41) is 0. The molecule has 1 saturated heterocycles. The smallest absolute Gasteiger partial charge is 0.493 e. The maximum absolute atomic E-state index is 12.8. The van der Waals surface area contributed by atoms with Gasteiger partial charge in [-0.25, -0.2) is 0 Å². The van der Waals surface area contributed by atoms with Crippen LogP contribution in [-0.2, 0) is 6.54 Å². The van der Waals surface area contributed by atoms with Crippen molar-refractivity contribution in [1.82, 2.24) is 9.80 Å². The van der Waals surface area contributed by atoms with Crippen LogP contribution in [0.5, 0.6) is 17.2 Å². The lowest BCUT2D eigenvalue weighted by Gasteiger charge is -2.35. The maximum atomic E-state index is 12.8. The van der Waals surface area contributed by atoms with Crippen LogP contribution in [0.4, 0.5) is 13.2 Å². The van der Waals surface area contributed by atoms with Crippen LogP contribution in [0.3, 0.4) is 0 Å². The molecule has 0 aromatic heterocycles. The Hall–Kier alpha value is -2.94. The van der Waals surface area contributed by atoms with Gasteiger partial charge in [0.05, 0.1) is 14.2 Å². The van der Waals surface area contributed by atoms with Crippen molar-refractivity contribution < 1.29 is 32.2 Å². The normalized spacial score (nSPS) is 15.0. The maximum Gasteiger partial charge on any atom is 0.573 e. The highest BCUT2D eigenvalue weighted by molar-refractivity contribution is 5.95. The standard InChI is InChI=1S/C21H23F3N2O4/c1-28-18-8-5-16(13-19(18)29-2)20(27)26-11-9-25(10-12-26)14-15-3-6-17(7-4-15)30-21(22,23)24/h3-8,13H,9-12,14H2,1-2H3. The third-order valence-corrected chi connectivity index (χ3v) is 4.85. The summed E-state index contributed by atoms with van der Waals surface area (Å²) in [6.45, 7) is 3.04. The van der Waals surface area contributed by atoms with E-state index in [4.69, 9.17) is 9.47 Å². The Labute approximate surface area is 172 Å². The molecule has 0 unspecified atom stereocenters. The van der Waals surface area contributed by atoms with Crippen LogP contribution < -0.4 is 14.2 Å². The van der Waals surface area contributed by atoms with Crippen molar-refractivity contribution in [3.8, 4) is 17.2 Å². The van der Waals surface area contributed by atoms with E-state index in [1.807, 2.05) is 0 Å². The number of rotatable bonds is 6. The second kappa shape index (κ2) is 9.25. The number of amides is 1. The molecule has 0 aliphatic carbocycles. The number of ether oxygens (including phenoxy) is 3. The van der Waals surface area contributed by atoms with Gasteiger partial charge in [-0.05, 0) is 35.9 Å². The fourth-order valence-corrected chi connectivity index (χ4v) is 3.32. The number of nitrogens with zero attached hydrogens (tertiary/aromatic N) is 2. The summed E-state index contributed by atoms with van der Waals surface area (Å²) >= 11 is 0. The number of carbonyl (C=O) groups is 1. The average molecular weight is 424 g/mol. The third-order valence-electron chi connectivity index (χ3n) is 4.85. The molecule has 0 saturated carbocycles. The van der Waals surface area contributed by atoms with Crippen LogP contribution in [0.2, 0.25) is 0 Å². The lowest BCUT2D eigenvalue weighted by molar-refractivity contribution is -0.274. The molecular formula is C21H23F3N2O4. The van der Waals surface area contributed by atoms with Gasteiger partial charge in [-0.1, -0.05) is 12.1 Å². The van der Waals surface area contributed by atoms with E-state index in [9.17, 15) is 18.0 Å². The largest absolute Gasteiger partial charge is 0.573 e. The van der Waals surface area contributed by atoms with E-state index < -0.39 is 6.36 Å². The molecule has 0 radical (unpaired) electrons. The monoisotopic (exact) mass is 424 g/mol. The van der Waals surface area contributed by atoms with Gasteiger partial charge in [-0.15, -0.1) is 13.2 Å². The molecule has 30 heavy (non-hydrogen) atoms. The molecule has 2 aromatic rings. The number of hydrogen-bond donors (Lipinski definition) is 0. The fraction of sp³-hybridized carbons (Fsp3) is 0.381. The van der Waals surface area contributed by atoms with Gasteiger partial charge in [-0.2, -0.15) is 0 Å². The van der Waals surface area contributed by atoms with Gasteiger partial charge >= 0.3 is 6.36 Å². The van der Waals surface area contributed by atoms with Crippen molar-refractivity contribution in [3.63, 3.8) is 0 Å². The van der Waals surface area contributed by atoms with Gasteiger partial charge in [0.1, 0.15) is 5.75 Å². The number of benzene rings is 2. The second-order valence-corrected chi connectivity index (χ2v) is 6.83. The molecule has 0 atom stereocenters. The summed E-state index contributed by atoms with van der Waals surface area (Å²) in [6.07, 6.45) is -4.70. The lowest BCUT2D eigenvalue weighted by atomic mass is 10.1. The number of hydrogen-bond acceptors (Lipinski definition) is 5. The third kappa shape index (κ3) is 5.56.